The summed E-state index contributed by atoms with van der Waals surface area (Å²) in [5.41, 5.74) is 9.62. The predicted octanol–water partition coefficient (Wildman–Crippen LogP) is 6.97. The van der Waals surface area contributed by atoms with Crippen LogP contribution in [0.1, 0.15) is 43.7 Å². The first-order valence-corrected chi connectivity index (χ1v) is 10.5. The first kappa shape index (κ1) is 20.8. The molecule has 156 valence electrons. The quantitative estimate of drug-likeness (QED) is 0.271. The number of carbonyl (C=O) groups is 1. The van der Waals surface area contributed by atoms with Crippen molar-refractivity contribution in [3.05, 3.63) is 93.5 Å². The number of esters is 1. The number of aromatic nitrogens is 1. The lowest BCUT2D eigenvalue weighted by Crippen LogP contribution is -2.13. The van der Waals surface area contributed by atoms with E-state index in [1.807, 2.05) is 58.9 Å². The van der Waals surface area contributed by atoms with Crippen molar-refractivity contribution in [1.29, 1.82) is 0 Å². The summed E-state index contributed by atoms with van der Waals surface area (Å²) in [7, 11) is 0. The highest BCUT2D eigenvalue weighted by Gasteiger charge is 2.22. The van der Waals surface area contributed by atoms with E-state index in [-0.39, 0.29) is 5.97 Å². The zero-order valence-electron chi connectivity index (χ0n) is 19.0. The van der Waals surface area contributed by atoms with Crippen LogP contribution in [0.4, 0.5) is 0 Å². The normalized spacial score (nSPS) is 11.0. The SMILES string of the molecule is Cc1ccc(-c2nc3c(C)cc(C)cc3c(C(=O)Oc3ccc(C)c(C)c3)c2C)cc1. The Morgan fingerprint density at radius 3 is 2.13 bits per heavy atom. The maximum absolute atomic E-state index is 13.5. The molecule has 0 spiro atoms. The first-order valence-electron chi connectivity index (χ1n) is 10.5. The fourth-order valence-electron chi connectivity index (χ4n) is 4.01. The second-order valence-corrected chi connectivity index (χ2v) is 8.44. The zero-order chi connectivity index (χ0) is 22.3. The molecule has 4 rings (SSSR count). The molecule has 31 heavy (non-hydrogen) atoms. The maximum atomic E-state index is 13.5. The standard InChI is InChI=1S/C28H27NO2/c1-16-7-10-22(11-8-16)27-21(6)25(24-14-17(2)13-20(5)26(24)29-27)28(30)31-23-12-9-18(3)19(4)15-23/h7-15H,1-6H3. The number of rotatable bonds is 3. The number of fused-ring (bicyclic) bond motifs is 1. The number of nitrogens with zero attached hydrogens (tertiary/aromatic N) is 1. The molecule has 1 heterocycles. The Balaban J connectivity index is 1.93. The van der Waals surface area contributed by atoms with Gasteiger partial charge in [0.25, 0.3) is 0 Å². The number of carbonyl (C=O) groups excluding carboxylic acids is 1. The molecule has 0 saturated heterocycles. The lowest BCUT2D eigenvalue weighted by atomic mass is 9.95. The van der Waals surface area contributed by atoms with Crippen LogP contribution in [0.2, 0.25) is 0 Å². The summed E-state index contributed by atoms with van der Waals surface area (Å²) in [6.07, 6.45) is 0. The monoisotopic (exact) mass is 409 g/mol. The number of hydrogen-bond donors (Lipinski definition) is 0. The van der Waals surface area contributed by atoms with Crippen molar-refractivity contribution >= 4 is 16.9 Å². The average Bonchev–Trinajstić information content (AvgIpc) is 2.71. The molecule has 1 aromatic heterocycles. The van der Waals surface area contributed by atoms with E-state index < -0.39 is 0 Å². The van der Waals surface area contributed by atoms with Gasteiger partial charge in [-0.2, -0.15) is 0 Å². The summed E-state index contributed by atoms with van der Waals surface area (Å²) >= 11 is 0. The summed E-state index contributed by atoms with van der Waals surface area (Å²) in [4.78, 5) is 18.4. The van der Waals surface area contributed by atoms with Crippen LogP contribution in [0.5, 0.6) is 5.75 Å². The molecule has 3 aromatic carbocycles. The van der Waals surface area contributed by atoms with Crippen LogP contribution < -0.4 is 4.74 Å². The minimum Gasteiger partial charge on any atom is -0.423 e. The minimum absolute atomic E-state index is 0.355. The largest absolute Gasteiger partial charge is 0.423 e. The van der Waals surface area contributed by atoms with Gasteiger partial charge in [-0.1, -0.05) is 47.5 Å². The number of ether oxygens (including phenoxy) is 1. The average molecular weight is 410 g/mol. The molecule has 3 nitrogen and oxygen atoms in total. The number of pyridine rings is 1. The second kappa shape index (κ2) is 7.99. The van der Waals surface area contributed by atoms with Crippen molar-refractivity contribution < 1.29 is 9.53 Å². The minimum atomic E-state index is -0.355. The van der Waals surface area contributed by atoms with Crippen LogP contribution in [0.3, 0.4) is 0 Å². The molecular formula is C28H27NO2. The van der Waals surface area contributed by atoms with E-state index in [0.29, 0.717) is 11.3 Å². The maximum Gasteiger partial charge on any atom is 0.344 e. The summed E-state index contributed by atoms with van der Waals surface area (Å²) in [5, 5.41) is 0.833. The molecule has 0 atom stereocenters. The van der Waals surface area contributed by atoms with Crippen molar-refractivity contribution in [3.63, 3.8) is 0 Å². The van der Waals surface area contributed by atoms with E-state index in [4.69, 9.17) is 9.72 Å². The van der Waals surface area contributed by atoms with Crippen molar-refractivity contribution in [2.24, 2.45) is 0 Å². The Morgan fingerprint density at radius 1 is 0.742 bits per heavy atom. The highest BCUT2D eigenvalue weighted by molar-refractivity contribution is 6.08. The Bertz CT molecular complexity index is 1320. The molecule has 0 amide bonds. The molecule has 0 aliphatic heterocycles. The third kappa shape index (κ3) is 3.96. The number of aryl methyl sites for hydroxylation is 5. The predicted molar refractivity (Wildman–Crippen MR) is 127 cm³/mol. The van der Waals surface area contributed by atoms with Crippen LogP contribution in [0.25, 0.3) is 22.2 Å². The van der Waals surface area contributed by atoms with Crippen molar-refractivity contribution in [2.75, 3.05) is 0 Å². The van der Waals surface area contributed by atoms with Crippen LogP contribution >= 0.6 is 0 Å². The topological polar surface area (TPSA) is 39.2 Å². The Morgan fingerprint density at radius 2 is 1.45 bits per heavy atom. The Kier molecular flexibility index (Phi) is 5.36. The van der Waals surface area contributed by atoms with Gasteiger partial charge in [-0.15, -0.1) is 0 Å². The van der Waals surface area contributed by atoms with Crippen molar-refractivity contribution in [2.45, 2.75) is 41.5 Å². The molecular weight excluding hydrogens is 382 g/mol. The zero-order valence-corrected chi connectivity index (χ0v) is 19.0. The molecule has 0 N–H and O–H groups in total. The molecule has 0 saturated carbocycles. The molecule has 0 unspecified atom stereocenters. The van der Waals surface area contributed by atoms with E-state index in [9.17, 15) is 4.79 Å². The highest BCUT2D eigenvalue weighted by atomic mass is 16.5. The summed E-state index contributed by atoms with van der Waals surface area (Å²) in [6.45, 7) is 12.1. The Hall–Kier alpha value is -3.46. The third-order valence-corrected chi connectivity index (χ3v) is 5.89. The van der Waals surface area contributed by atoms with E-state index in [1.165, 1.54) is 11.1 Å². The van der Waals surface area contributed by atoms with Crippen LogP contribution in [-0.2, 0) is 0 Å². The number of hydrogen-bond acceptors (Lipinski definition) is 3. The molecule has 0 radical (unpaired) electrons. The lowest BCUT2D eigenvalue weighted by molar-refractivity contribution is 0.0736. The first-order chi connectivity index (χ1) is 14.7. The van der Waals surface area contributed by atoms with Crippen molar-refractivity contribution in [1.82, 2.24) is 4.98 Å². The van der Waals surface area contributed by atoms with Gasteiger partial charge < -0.3 is 4.74 Å². The van der Waals surface area contributed by atoms with Gasteiger partial charge in [-0.25, -0.2) is 9.78 Å². The van der Waals surface area contributed by atoms with Crippen molar-refractivity contribution in [3.8, 4) is 17.0 Å². The smallest absolute Gasteiger partial charge is 0.344 e. The van der Waals surface area contributed by atoms with Gasteiger partial charge in [-0.05, 0) is 82.0 Å². The van der Waals surface area contributed by atoms with E-state index in [0.717, 1.165) is 44.4 Å². The molecule has 0 aliphatic carbocycles. The second-order valence-electron chi connectivity index (χ2n) is 8.44. The van der Waals surface area contributed by atoms with Gasteiger partial charge in [0.05, 0.1) is 16.8 Å². The summed E-state index contributed by atoms with van der Waals surface area (Å²) in [6, 6.07) is 18.1. The fourth-order valence-corrected chi connectivity index (χ4v) is 4.01. The van der Waals surface area contributed by atoms with Gasteiger partial charge in [0, 0.05) is 10.9 Å². The van der Waals surface area contributed by atoms with Gasteiger partial charge in [0.1, 0.15) is 5.75 Å². The van der Waals surface area contributed by atoms with E-state index in [2.05, 4.69) is 37.3 Å². The molecule has 4 aromatic rings. The highest BCUT2D eigenvalue weighted by Crippen LogP contribution is 2.33. The van der Waals surface area contributed by atoms with Crippen LogP contribution in [-0.4, -0.2) is 11.0 Å². The van der Waals surface area contributed by atoms with Crippen LogP contribution in [0.15, 0.2) is 54.6 Å². The van der Waals surface area contributed by atoms with E-state index in [1.54, 1.807) is 0 Å². The van der Waals surface area contributed by atoms with Gasteiger partial charge >= 0.3 is 5.97 Å². The number of benzene rings is 3. The molecule has 0 aliphatic rings. The molecule has 0 fully saturated rings. The summed E-state index contributed by atoms with van der Waals surface area (Å²) in [5.74, 6) is 0.199. The lowest BCUT2D eigenvalue weighted by Gasteiger charge is -2.16. The Labute approximate surface area is 183 Å². The molecule has 3 heteroatoms. The van der Waals surface area contributed by atoms with Gasteiger partial charge in [0.2, 0.25) is 0 Å². The van der Waals surface area contributed by atoms with Crippen LogP contribution in [0, 0.1) is 41.5 Å². The van der Waals surface area contributed by atoms with Gasteiger partial charge in [-0.3, -0.25) is 0 Å². The third-order valence-electron chi connectivity index (χ3n) is 5.89. The van der Waals surface area contributed by atoms with Gasteiger partial charge in [0.15, 0.2) is 0 Å². The summed E-state index contributed by atoms with van der Waals surface area (Å²) < 4.78 is 5.85. The molecule has 0 bridgehead atoms. The fraction of sp³-hybridized carbons (Fsp3) is 0.214. The van der Waals surface area contributed by atoms with E-state index >= 15 is 0 Å².